The number of hydrogen-bond acceptors (Lipinski definition) is 4. The Hall–Kier alpha value is -2.36. The molecule has 2 rings (SSSR count). The van der Waals surface area contributed by atoms with E-state index in [2.05, 4.69) is 9.72 Å². The minimum atomic E-state index is -0.417. The van der Waals surface area contributed by atoms with Crippen molar-refractivity contribution >= 4 is 5.97 Å². The standard InChI is InChI=1S/C13H11NO3/c1-17-13(16)10-5-6-12(14-8-10)9-3-2-4-11(15)7-9/h2-8,15H,1H3. The van der Waals surface area contributed by atoms with Crippen LogP contribution >= 0.6 is 0 Å². The summed E-state index contributed by atoms with van der Waals surface area (Å²) in [5.74, 6) is -0.235. The Labute approximate surface area is 98.5 Å². The topological polar surface area (TPSA) is 59.4 Å². The van der Waals surface area contributed by atoms with Gasteiger partial charge in [0.15, 0.2) is 0 Å². The number of aromatic hydroxyl groups is 1. The summed E-state index contributed by atoms with van der Waals surface area (Å²) in [4.78, 5) is 15.4. The second-order valence-electron chi connectivity index (χ2n) is 3.47. The molecule has 1 N–H and O–H groups in total. The maximum atomic E-state index is 11.2. The number of rotatable bonds is 2. The molecule has 0 atom stereocenters. The normalized spacial score (nSPS) is 9.94. The van der Waals surface area contributed by atoms with Crippen molar-refractivity contribution in [2.45, 2.75) is 0 Å². The van der Waals surface area contributed by atoms with E-state index in [4.69, 9.17) is 0 Å². The first-order valence-corrected chi connectivity index (χ1v) is 5.04. The Morgan fingerprint density at radius 3 is 2.71 bits per heavy atom. The van der Waals surface area contributed by atoms with Crippen molar-refractivity contribution in [3.8, 4) is 17.0 Å². The fourth-order valence-electron chi connectivity index (χ4n) is 1.47. The molecule has 86 valence electrons. The molecular formula is C13H11NO3. The third-order valence-corrected chi connectivity index (χ3v) is 2.33. The molecule has 0 fully saturated rings. The highest BCUT2D eigenvalue weighted by Crippen LogP contribution is 2.21. The summed E-state index contributed by atoms with van der Waals surface area (Å²) in [6, 6.07) is 10.1. The molecule has 0 radical (unpaired) electrons. The highest BCUT2D eigenvalue weighted by molar-refractivity contribution is 5.89. The molecule has 1 aromatic carbocycles. The molecule has 0 spiro atoms. The lowest BCUT2D eigenvalue weighted by Gasteiger charge is -2.03. The van der Waals surface area contributed by atoms with E-state index in [-0.39, 0.29) is 5.75 Å². The highest BCUT2D eigenvalue weighted by atomic mass is 16.5. The minimum absolute atomic E-state index is 0.182. The minimum Gasteiger partial charge on any atom is -0.508 e. The van der Waals surface area contributed by atoms with E-state index in [1.54, 1.807) is 30.3 Å². The molecule has 0 aliphatic heterocycles. The third-order valence-electron chi connectivity index (χ3n) is 2.33. The van der Waals surface area contributed by atoms with Gasteiger partial charge in [-0.25, -0.2) is 4.79 Å². The second kappa shape index (κ2) is 4.65. The van der Waals surface area contributed by atoms with Gasteiger partial charge < -0.3 is 9.84 Å². The fraction of sp³-hybridized carbons (Fsp3) is 0.0769. The first kappa shape index (κ1) is 11.1. The maximum Gasteiger partial charge on any atom is 0.339 e. The van der Waals surface area contributed by atoms with Crippen LogP contribution in [0, 0.1) is 0 Å². The smallest absolute Gasteiger partial charge is 0.339 e. The van der Waals surface area contributed by atoms with Gasteiger partial charge in [0, 0.05) is 11.8 Å². The lowest BCUT2D eigenvalue weighted by Crippen LogP contribution is -2.01. The van der Waals surface area contributed by atoms with Gasteiger partial charge in [0.05, 0.1) is 18.4 Å². The predicted molar refractivity (Wildman–Crippen MR) is 62.7 cm³/mol. The highest BCUT2D eigenvalue weighted by Gasteiger charge is 2.06. The second-order valence-corrected chi connectivity index (χ2v) is 3.47. The Kier molecular flexibility index (Phi) is 3.05. The van der Waals surface area contributed by atoms with Gasteiger partial charge in [0.2, 0.25) is 0 Å². The SMILES string of the molecule is COC(=O)c1ccc(-c2cccc(O)c2)nc1. The van der Waals surface area contributed by atoms with Gasteiger partial charge in [0.25, 0.3) is 0 Å². The first-order valence-electron chi connectivity index (χ1n) is 5.04. The number of carbonyl (C=O) groups is 1. The van der Waals surface area contributed by atoms with Gasteiger partial charge in [-0.05, 0) is 24.3 Å². The van der Waals surface area contributed by atoms with Crippen molar-refractivity contribution in [3.63, 3.8) is 0 Å². The zero-order valence-corrected chi connectivity index (χ0v) is 9.25. The van der Waals surface area contributed by atoms with Gasteiger partial charge in [-0.1, -0.05) is 12.1 Å². The van der Waals surface area contributed by atoms with Gasteiger partial charge in [-0.3, -0.25) is 4.98 Å². The molecule has 0 aliphatic carbocycles. The molecule has 0 bridgehead atoms. The Morgan fingerprint density at radius 1 is 1.29 bits per heavy atom. The Morgan fingerprint density at radius 2 is 2.12 bits per heavy atom. The van der Waals surface area contributed by atoms with Crippen molar-refractivity contribution in [1.29, 1.82) is 0 Å². The number of carbonyl (C=O) groups excluding carboxylic acids is 1. The number of methoxy groups -OCH3 is 1. The lowest BCUT2D eigenvalue weighted by atomic mass is 10.1. The number of phenols is 1. The van der Waals surface area contributed by atoms with E-state index in [0.29, 0.717) is 11.3 Å². The van der Waals surface area contributed by atoms with E-state index in [1.807, 2.05) is 6.07 Å². The largest absolute Gasteiger partial charge is 0.508 e. The number of benzene rings is 1. The lowest BCUT2D eigenvalue weighted by molar-refractivity contribution is 0.0600. The Bertz CT molecular complexity index is 535. The van der Waals surface area contributed by atoms with E-state index in [0.717, 1.165) is 5.56 Å². The van der Waals surface area contributed by atoms with Gasteiger partial charge in [-0.2, -0.15) is 0 Å². The van der Waals surface area contributed by atoms with Crippen LogP contribution < -0.4 is 0 Å². The molecule has 1 aromatic heterocycles. The van der Waals surface area contributed by atoms with Crippen LogP contribution in [0.2, 0.25) is 0 Å². The summed E-state index contributed by atoms with van der Waals surface area (Å²) in [7, 11) is 1.32. The molecule has 1 heterocycles. The van der Waals surface area contributed by atoms with Crippen LogP contribution in [0.25, 0.3) is 11.3 Å². The van der Waals surface area contributed by atoms with Gasteiger partial charge in [0.1, 0.15) is 5.75 Å². The van der Waals surface area contributed by atoms with Crippen LogP contribution in [0.1, 0.15) is 10.4 Å². The zero-order valence-electron chi connectivity index (χ0n) is 9.25. The van der Waals surface area contributed by atoms with Gasteiger partial charge in [-0.15, -0.1) is 0 Å². The summed E-state index contributed by atoms with van der Waals surface area (Å²) >= 11 is 0. The van der Waals surface area contributed by atoms with E-state index >= 15 is 0 Å². The van der Waals surface area contributed by atoms with Crippen LogP contribution in [0.15, 0.2) is 42.6 Å². The number of esters is 1. The number of ether oxygens (including phenoxy) is 1. The molecule has 0 unspecified atom stereocenters. The monoisotopic (exact) mass is 229 g/mol. The summed E-state index contributed by atoms with van der Waals surface area (Å²) in [5.41, 5.74) is 1.88. The molecule has 0 aliphatic rings. The molecule has 17 heavy (non-hydrogen) atoms. The number of phenolic OH excluding ortho intramolecular Hbond substituents is 1. The third kappa shape index (κ3) is 2.42. The Balaban J connectivity index is 2.32. The van der Waals surface area contributed by atoms with E-state index in [1.165, 1.54) is 13.3 Å². The van der Waals surface area contributed by atoms with E-state index < -0.39 is 5.97 Å². The predicted octanol–water partition coefficient (Wildman–Crippen LogP) is 2.24. The number of aromatic nitrogens is 1. The molecular weight excluding hydrogens is 218 g/mol. The summed E-state index contributed by atoms with van der Waals surface area (Å²) in [6.45, 7) is 0. The average molecular weight is 229 g/mol. The summed E-state index contributed by atoms with van der Waals surface area (Å²) in [5, 5.41) is 9.35. The van der Waals surface area contributed by atoms with Crippen LogP contribution in [0.3, 0.4) is 0 Å². The van der Waals surface area contributed by atoms with Crippen LogP contribution in [0.5, 0.6) is 5.75 Å². The number of pyridine rings is 1. The van der Waals surface area contributed by atoms with Crippen molar-refractivity contribution in [1.82, 2.24) is 4.98 Å². The van der Waals surface area contributed by atoms with Crippen LogP contribution in [-0.4, -0.2) is 23.2 Å². The summed E-state index contributed by atoms with van der Waals surface area (Å²) in [6.07, 6.45) is 1.45. The molecule has 0 saturated heterocycles. The maximum absolute atomic E-state index is 11.2. The number of hydrogen-bond donors (Lipinski definition) is 1. The number of nitrogens with zero attached hydrogens (tertiary/aromatic N) is 1. The van der Waals surface area contributed by atoms with Crippen LogP contribution in [0.4, 0.5) is 0 Å². The van der Waals surface area contributed by atoms with Gasteiger partial charge >= 0.3 is 5.97 Å². The molecule has 4 nitrogen and oxygen atoms in total. The van der Waals surface area contributed by atoms with Crippen molar-refractivity contribution in [2.24, 2.45) is 0 Å². The molecule has 4 heteroatoms. The first-order chi connectivity index (χ1) is 8.20. The van der Waals surface area contributed by atoms with Crippen molar-refractivity contribution < 1.29 is 14.6 Å². The molecule has 0 amide bonds. The average Bonchev–Trinajstić information content (AvgIpc) is 2.38. The zero-order chi connectivity index (χ0) is 12.3. The summed E-state index contributed by atoms with van der Waals surface area (Å²) < 4.78 is 4.58. The fourth-order valence-corrected chi connectivity index (χ4v) is 1.47. The van der Waals surface area contributed by atoms with Crippen LogP contribution in [-0.2, 0) is 4.74 Å². The van der Waals surface area contributed by atoms with Crippen molar-refractivity contribution in [3.05, 3.63) is 48.2 Å². The quantitative estimate of drug-likeness (QED) is 0.802. The molecule has 2 aromatic rings. The molecule has 0 saturated carbocycles. The van der Waals surface area contributed by atoms with E-state index in [9.17, 15) is 9.90 Å². The van der Waals surface area contributed by atoms with Crippen molar-refractivity contribution in [2.75, 3.05) is 7.11 Å².